The van der Waals surface area contributed by atoms with Crippen molar-refractivity contribution < 1.29 is 17.9 Å². The van der Waals surface area contributed by atoms with Crippen LogP contribution in [0.1, 0.15) is 47.0 Å². The summed E-state index contributed by atoms with van der Waals surface area (Å²) in [5.41, 5.74) is 3.96. The van der Waals surface area contributed by atoms with Crippen LogP contribution < -0.4 is 10.1 Å². The Balaban J connectivity index is 1.31. The zero-order chi connectivity index (χ0) is 29.4. The van der Waals surface area contributed by atoms with Crippen LogP contribution in [0.2, 0.25) is 0 Å². The molecule has 0 atom stereocenters. The number of rotatable bonds is 8. The van der Waals surface area contributed by atoms with E-state index in [0.717, 1.165) is 41.6 Å². The molecular formula is C29H28F3N9O. The van der Waals surface area contributed by atoms with Crippen molar-refractivity contribution in [1.29, 1.82) is 5.26 Å². The number of hydrogen-bond donors (Lipinski definition) is 1. The maximum Gasteiger partial charge on any atom is 0.434 e. The fourth-order valence-electron chi connectivity index (χ4n) is 5.21. The highest BCUT2D eigenvalue weighted by Gasteiger charge is 2.35. The molecule has 0 unspecified atom stereocenters. The third-order valence-electron chi connectivity index (χ3n) is 7.50. The van der Waals surface area contributed by atoms with Crippen LogP contribution in [0, 0.1) is 11.3 Å². The summed E-state index contributed by atoms with van der Waals surface area (Å²) in [4.78, 5) is 24.6. The third kappa shape index (κ3) is 5.49. The Hall–Kier alpha value is -4.57. The van der Waals surface area contributed by atoms with Gasteiger partial charge in [-0.1, -0.05) is 24.3 Å². The van der Waals surface area contributed by atoms with Gasteiger partial charge in [-0.25, -0.2) is 24.9 Å². The van der Waals surface area contributed by atoms with E-state index in [0.29, 0.717) is 67.2 Å². The van der Waals surface area contributed by atoms with E-state index in [2.05, 4.69) is 31.2 Å². The first-order chi connectivity index (χ1) is 20.2. The minimum absolute atomic E-state index is 0.236. The smallest absolute Gasteiger partial charge is 0.434 e. The number of hydrogen-bond acceptors (Lipinski definition) is 9. The van der Waals surface area contributed by atoms with E-state index in [1.165, 1.54) is 10.9 Å². The first-order valence-electron chi connectivity index (χ1n) is 13.6. The number of methoxy groups -OCH3 is 1. The van der Waals surface area contributed by atoms with E-state index in [1.807, 2.05) is 12.1 Å². The summed E-state index contributed by atoms with van der Waals surface area (Å²) >= 11 is 0. The van der Waals surface area contributed by atoms with Gasteiger partial charge in [-0.15, -0.1) is 0 Å². The number of aromatic nitrogens is 6. The minimum atomic E-state index is -4.51. The zero-order valence-electron chi connectivity index (χ0n) is 23.1. The molecule has 0 amide bonds. The molecule has 0 radical (unpaired) electrons. The number of nitriles is 1. The Kier molecular flexibility index (Phi) is 7.24. The number of fused-ring (bicyclic) bond motifs is 1. The Morgan fingerprint density at radius 2 is 1.90 bits per heavy atom. The molecule has 1 aliphatic heterocycles. The summed E-state index contributed by atoms with van der Waals surface area (Å²) in [6, 6.07) is 9.42. The highest BCUT2D eigenvalue weighted by Crippen LogP contribution is 2.45. The predicted octanol–water partition coefficient (Wildman–Crippen LogP) is 4.73. The number of aryl methyl sites for hydroxylation is 1. The van der Waals surface area contributed by atoms with Crippen molar-refractivity contribution in [3.8, 4) is 34.7 Å². The second kappa shape index (κ2) is 11.0. The van der Waals surface area contributed by atoms with Crippen LogP contribution in [0.25, 0.3) is 22.8 Å². The third-order valence-corrected chi connectivity index (χ3v) is 7.50. The topological polar surface area (TPSA) is 118 Å². The van der Waals surface area contributed by atoms with Gasteiger partial charge in [-0.2, -0.15) is 18.4 Å². The molecule has 1 saturated carbocycles. The highest BCUT2D eigenvalue weighted by atomic mass is 19.4. The predicted molar refractivity (Wildman–Crippen MR) is 147 cm³/mol. The molecule has 6 rings (SSSR count). The van der Waals surface area contributed by atoms with E-state index >= 15 is 0 Å². The highest BCUT2D eigenvalue weighted by molar-refractivity contribution is 5.68. The number of benzene rings is 1. The number of ether oxygens (including phenoxy) is 1. The van der Waals surface area contributed by atoms with Crippen molar-refractivity contribution in [3.05, 3.63) is 65.0 Å². The van der Waals surface area contributed by atoms with Crippen LogP contribution >= 0.6 is 0 Å². The van der Waals surface area contributed by atoms with Crippen molar-refractivity contribution >= 4 is 5.82 Å². The minimum Gasteiger partial charge on any atom is -0.480 e. The fourth-order valence-corrected chi connectivity index (χ4v) is 5.21. The summed E-state index contributed by atoms with van der Waals surface area (Å²) in [6.07, 6.45) is 0.724. The van der Waals surface area contributed by atoms with Crippen LogP contribution in [-0.4, -0.2) is 54.6 Å². The van der Waals surface area contributed by atoms with Gasteiger partial charge in [0.25, 0.3) is 0 Å². The van der Waals surface area contributed by atoms with Gasteiger partial charge in [-0.3, -0.25) is 4.90 Å². The van der Waals surface area contributed by atoms with Crippen molar-refractivity contribution in [2.24, 2.45) is 7.05 Å². The molecule has 4 aromatic rings. The summed E-state index contributed by atoms with van der Waals surface area (Å²) in [5.74, 6) is 2.13. The Labute approximate surface area is 240 Å². The average molecular weight is 576 g/mol. The standard InChI is InChI=1S/C29H28F3N9O/c1-40-15-22(29(30,31)32)38-27(40)19-5-3-17(4-6-19)13-34-25-20-14-41(12-10-33)11-9-21(20)37-26(39-25)23-24(18-7-8-18)35-16-36-28(23)42-2/h3-6,15-16,18H,7-9,11-14H2,1-2H3,(H,34,37,39). The molecule has 2 aliphatic rings. The number of alkyl halides is 3. The molecule has 10 nitrogen and oxygen atoms in total. The number of nitrogens with one attached hydrogen (secondary N) is 1. The summed E-state index contributed by atoms with van der Waals surface area (Å²) in [5, 5.41) is 12.7. The molecule has 1 fully saturated rings. The molecule has 1 aromatic carbocycles. The first-order valence-corrected chi connectivity index (χ1v) is 13.6. The lowest BCUT2D eigenvalue weighted by atomic mass is 10.0. The van der Waals surface area contributed by atoms with Gasteiger partial charge in [0, 0.05) is 56.3 Å². The van der Waals surface area contributed by atoms with Gasteiger partial charge >= 0.3 is 6.18 Å². The number of nitrogens with zero attached hydrogens (tertiary/aromatic N) is 8. The Bertz CT molecular complexity index is 1660. The second-order valence-corrected chi connectivity index (χ2v) is 10.5. The monoisotopic (exact) mass is 575 g/mol. The van der Waals surface area contributed by atoms with Gasteiger partial charge in [0.15, 0.2) is 11.5 Å². The van der Waals surface area contributed by atoms with Gasteiger partial charge < -0.3 is 14.6 Å². The van der Waals surface area contributed by atoms with Crippen molar-refractivity contribution in [3.63, 3.8) is 0 Å². The molecule has 216 valence electrons. The van der Waals surface area contributed by atoms with Crippen LogP contribution in [-0.2, 0) is 32.7 Å². The summed E-state index contributed by atoms with van der Waals surface area (Å²) in [6.45, 7) is 1.95. The molecule has 1 N–H and O–H groups in total. The molecule has 1 aliphatic carbocycles. The van der Waals surface area contributed by atoms with Crippen LogP contribution in [0.5, 0.6) is 5.88 Å². The molecular weight excluding hydrogens is 547 g/mol. The lowest BCUT2D eigenvalue weighted by Crippen LogP contribution is -2.32. The summed E-state index contributed by atoms with van der Waals surface area (Å²) < 4.78 is 46.3. The van der Waals surface area contributed by atoms with Crippen molar-refractivity contribution in [2.45, 2.75) is 44.4 Å². The molecule has 0 bridgehead atoms. The van der Waals surface area contributed by atoms with Gasteiger partial charge in [0.1, 0.15) is 23.5 Å². The van der Waals surface area contributed by atoms with E-state index in [1.54, 1.807) is 26.3 Å². The number of halogens is 3. The number of imidazole rings is 1. The van der Waals surface area contributed by atoms with Crippen molar-refractivity contribution in [1.82, 2.24) is 34.4 Å². The summed E-state index contributed by atoms with van der Waals surface area (Å²) in [7, 11) is 3.11. The molecule has 13 heteroatoms. The van der Waals surface area contributed by atoms with Gasteiger partial charge in [0.05, 0.1) is 31.1 Å². The first kappa shape index (κ1) is 27.6. The number of anilines is 1. The largest absolute Gasteiger partial charge is 0.480 e. The molecule has 4 heterocycles. The lowest BCUT2D eigenvalue weighted by molar-refractivity contribution is -0.140. The zero-order valence-corrected chi connectivity index (χ0v) is 23.1. The fraction of sp³-hybridized carbons (Fsp3) is 0.379. The molecule has 0 spiro atoms. The second-order valence-electron chi connectivity index (χ2n) is 10.5. The molecule has 42 heavy (non-hydrogen) atoms. The Morgan fingerprint density at radius 3 is 2.57 bits per heavy atom. The normalized spacial score (nSPS) is 15.2. The van der Waals surface area contributed by atoms with E-state index < -0.39 is 11.9 Å². The van der Waals surface area contributed by atoms with Crippen LogP contribution in [0.4, 0.5) is 19.0 Å². The van der Waals surface area contributed by atoms with Gasteiger partial charge in [-0.05, 0) is 18.4 Å². The maximum atomic E-state index is 13.1. The van der Waals surface area contributed by atoms with Crippen LogP contribution in [0.15, 0.2) is 36.8 Å². The van der Waals surface area contributed by atoms with E-state index in [9.17, 15) is 18.4 Å². The quantitative estimate of drug-likeness (QED) is 0.298. The van der Waals surface area contributed by atoms with E-state index in [-0.39, 0.29) is 5.82 Å². The SMILES string of the molecule is COc1ncnc(C2CC2)c1-c1nc2c(c(NCc3ccc(-c4nc(C(F)(F)F)cn4C)cc3)n1)CN(CC#N)CC2. The molecule has 0 saturated heterocycles. The lowest BCUT2D eigenvalue weighted by Gasteiger charge is -2.28. The van der Waals surface area contributed by atoms with E-state index in [4.69, 9.17) is 14.7 Å². The van der Waals surface area contributed by atoms with Crippen molar-refractivity contribution in [2.75, 3.05) is 25.5 Å². The van der Waals surface area contributed by atoms with Gasteiger partial charge in [0.2, 0.25) is 5.88 Å². The van der Waals surface area contributed by atoms with Crippen LogP contribution in [0.3, 0.4) is 0 Å². The maximum absolute atomic E-state index is 13.1. The average Bonchev–Trinajstić information content (AvgIpc) is 3.76. The molecule has 3 aromatic heterocycles. The Morgan fingerprint density at radius 1 is 1.12 bits per heavy atom.